The number of carbonyl (C=O) groups is 2. The molecule has 0 aromatic carbocycles. The lowest BCUT2D eigenvalue weighted by Crippen LogP contribution is -2.29. The number of phosphoric acid groups is 1. The molecule has 332 valence electrons. The van der Waals surface area contributed by atoms with Gasteiger partial charge in [0, 0.05) is 19.4 Å². The second-order valence-corrected chi connectivity index (χ2v) is 15.0. The lowest BCUT2D eigenvalue weighted by Gasteiger charge is -2.19. The largest absolute Gasteiger partial charge is 0.472 e. The summed E-state index contributed by atoms with van der Waals surface area (Å²) in [6.07, 6.45) is 48.9. The van der Waals surface area contributed by atoms with E-state index in [9.17, 15) is 29.3 Å². The molecule has 0 saturated carbocycles. The Morgan fingerprint density at radius 1 is 0.610 bits per heavy atom. The molecule has 4 atom stereocenters. The molecule has 0 fully saturated rings. The highest BCUT2D eigenvalue weighted by Crippen LogP contribution is 2.43. The number of allylic oxidation sites excluding steroid dienone is 18. The third-order valence-corrected chi connectivity index (χ3v) is 9.04. The highest BCUT2D eigenvalue weighted by Gasteiger charge is 2.26. The van der Waals surface area contributed by atoms with Crippen molar-refractivity contribution in [1.29, 1.82) is 0 Å². The molecule has 0 heterocycles. The van der Waals surface area contributed by atoms with Gasteiger partial charge in [0.2, 0.25) is 0 Å². The molecule has 0 rings (SSSR count). The molecule has 0 aliphatic carbocycles. The quantitative estimate of drug-likeness (QED) is 0.0154. The monoisotopic (exact) mass is 844 g/mol. The van der Waals surface area contributed by atoms with Gasteiger partial charge < -0.3 is 30.3 Å². The standard InChI is InChI=1S/C47H74NO10P/c1-3-5-7-8-9-10-11-12-13-14-15-16-17-18-19-20-24-27-31-37-47(52)58-45(42-57-59(53,54)56-40-39-48)41-55-46(51)38-32-36-44(50)35-30-26-23-21-22-25-29-34-43(49)33-28-6-4-2/h5,7,9-10,12-13,15-16,18-19,22-27,29-30,34-35,43-45,49-50H,3-4,6,8,11,14,17,20-21,28,31-33,36-42,48H2,1-2H3,(H,53,54)/b7-5-,10-9-,13-12-,16-15-,19-18-,25-22-,26-23-,27-24-,34-29+,35-30+/t43-,44-,45+/m0/s1. The molecular formula is C47H74NO10P. The molecule has 5 N–H and O–H groups in total. The number of rotatable bonds is 37. The smallest absolute Gasteiger partial charge is 0.462 e. The summed E-state index contributed by atoms with van der Waals surface area (Å²) in [6, 6.07) is 0. The van der Waals surface area contributed by atoms with E-state index in [1.807, 2.05) is 42.5 Å². The average molecular weight is 844 g/mol. The first kappa shape index (κ1) is 55.3. The van der Waals surface area contributed by atoms with Gasteiger partial charge in [0.15, 0.2) is 6.10 Å². The van der Waals surface area contributed by atoms with E-state index in [1.54, 1.807) is 18.2 Å². The van der Waals surface area contributed by atoms with Crippen LogP contribution in [0.3, 0.4) is 0 Å². The SMILES string of the molecule is CC/C=C\C/C=C\C/C=C\C/C=C\C/C=C\C/C=C\CCC(=O)O[C@H](COC(=O)CCC[C@@H](O)/C=C/C=C\C/C=C\C=C\[C@@H](O)CCCCC)COP(=O)(O)OCCN. The van der Waals surface area contributed by atoms with Gasteiger partial charge in [0.05, 0.1) is 25.4 Å². The van der Waals surface area contributed by atoms with Gasteiger partial charge in [-0.3, -0.25) is 18.6 Å². The molecule has 0 radical (unpaired) electrons. The van der Waals surface area contributed by atoms with Gasteiger partial charge >= 0.3 is 19.8 Å². The third kappa shape index (κ3) is 40.9. The molecule has 0 aliphatic heterocycles. The first-order valence-corrected chi connectivity index (χ1v) is 22.7. The number of hydrogen-bond acceptors (Lipinski definition) is 10. The van der Waals surface area contributed by atoms with Crippen LogP contribution in [0.1, 0.15) is 117 Å². The van der Waals surface area contributed by atoms with E-state index < -0.39 is 51.3 Å². The van der Waals surface area contributed by atoms with E-state index in [0.29, 0.717) is 25.7 Å². The van der Waals surface area contributed by atoms with Gasteiger partial charge in [-0.25, -0.2) is 4.57 Å². The van der Waals surface area contributed by atoms with Gasteiger partial charge in [-0.2, -0.15) is 0 Å². The summed E-state index contributed by atoms with van der Waals surface area (Å²) in [5.41, 5.74) is 5.32. The number of aliphatic hydroxyl groups excluding tert-OH is 2. The number of carbonyl (C=O) groups excluding carboxylic acids is 2. The second-order valence-electron chi connectivity index (χ2n) is 13.5. The number of ether oxygens (including phenoxy) is 2. The van der Waals surface area contributed by atoms with E-state index in [1.165, 1.54) is 0 Å². The van der Waals surface area contributed by atoms with Crippen LogP contribution in [0.4, 0.5) is 0 Å². The normalized spacial score (nSPS) is 15.6. The molecule has 0 amide bonds. The molecule has 0 saturated heterocycles. The van der Waals surface area contributed by atoms with Gasteiger partial charge in [-0.15, -0.1) is 0 Å². The van der Waals surface area contributed by atoms with Gasteiger partial charge in [0.1, 0.15) is 6.61 Å². The van der Waals surface area contributed by atoms with Crippen molar-refractivity contribution in [2.24, 2.45) is 5.73 Å². The first-order valence-electron chi connectivity index (χ1n) is 21.2. The Balaban J connectivity index is 4.56. The highest BCUT2D eigenvalue weighted by molar-refractivity contribution is 7.47. The minimum Gasteiger partial charge on any atom is -0.462 e. The van der Waals surface area contributed by atoms with Crippen LogP contribution in [0.5, 0.6) is 0 Å². The molecule has 0 spiro atoms. The van der Waals surface area contributed by atoms with Gasteiger partial charge in [-0.1, -0.05) is 155 Å². The Kier molecular flexibility index (Phi) is 38.5. The second kappa shape index (κ2) is 41.1. The first-order chi connectivity index (χ1) is 28.6. The minimum absolute atomic E-state index is 0.00175. The topological polar surface area (TPSA) is 175 Å². The van der Waals surface area contributed by atoms with Crippen molar-refractivity contribution in [2.45, 2.75) is 135 Å². The zero-order chi connectivity index (χ0) is 43.5. The number of phosphoric ester groups is 1. The summed E-state index contributed by atoms with van der Waals surface area (Å²) in [4.78, 5) is 34.8. The van der Waals surface area contributed by atoms with E-state index in [-0.39, 0.29) is 26.0 Å². The van der Waals surface area contributed by atoms with Crippen LogP contribution in [0, 0.1) is 0 Å². The maximum Gasteiger partial charge on any atom is 0.472 e. The van der Waals surface area contributed by atoms with E-state index >= 15 is 0 Å². The molecule has 0 aromatic heterocycles. The highest BCUT2D eigenvalue weighted by atomic mass is 31.2. The van der Waals surface area contributed by atoms with Crippen molar-refractivity contribution in [3.63, 3.8) is 0 Å². The molecule has 59 heavy (non-hydrogen) atoms. The molecule has 11 nitrogen and oxygen atoms in total. The molecule has 0 aliphatic rings. The predicted octanol–water partition coefficient (Wildman–Crippen LogP) is 10.1. The minimum atomic E-state index is -4.46. The van der Waals surface area contributed by atoms with E-state index in [0.717, 1.165) is 64.2 Å². The van der Waals surface area contributed by atoms with Crippen LogP contribution < -0.4 is 5.73 Å². The van der Waals surface area contributed by atoms with E-state index in [2.05, 4.69) is 74.6 Å². The summed E-state index contributed by atoms with van der Waals surface area (Å²) in [5, 5.41) is 20.1. The Morgan fingerprint density at radius 2 is 1.12 bits per heavy atom. The van der Waals surface area contributed by atoms with Crippen LogP contribution in [0.15, 0.2) is 122 Å². The molecule has 1 unspecified atom stereocenters. The zero-order valence-electron chi connectivity index (χ0n) is 35.6. The summed E-state index contributed by atoms with van der Waals surface area (Å²) in [6.45, 7) is 3.13. The van der Waals surface area contributed by atoms with Crippen LogP contribution >= 0.6 is 7.82 Å². The van der Waals surface area contributed by atoms with Gasteiger partial charge in [-0.05, 0) is 70.6 Å². The summed E-state index contributed by atoms with van der Waals surface area (Å²) in [7, 11) is -4.46. The maximum absolute atomic E-state index is 12.6. The Labute approximate surface area is 355 Å². The third-order valence-electron chi connectivity index (χ3n) is 8.05. The lowest BCUT2D eigenvalue weighted by molar-refractivity contribution is -0.161. The number of nitrogens with two attached hydrogens (primary N) is 1. The molecular weight excluding hydrogens is 769 g/mol. The fourth-order valence-electron chi connectivity index (χ4n) is 4.87. The molecule has 0 aromatic rings. The predicted molar refractivity (Wildman–Crippen MR) is 240 cm³/mol. The van der Waals surface area contributed by atoms with Crippen molar-refractivity contribution in [2.75, 3.05) is 26.4 Å². The Morgan fingerprint density at radius 3 is 1.64 bits per heavy atom. The fraction of sp³-hybridized carbons (Fsp3) is 0.532. The van der Waals surface area contributed by atoms with Crippen molar-refractivity contribution in [3.05, 3.63) is 122 Å². The number of unbranched alkanes of at least 4 members (excludes halogenated alkanes) is 2. The number of esters is 2. The summed E-state index contributed by atoms with van der Waals surface area (Å²) >= 11 is 0. The maximum atomic E-state index is 12.6. The molecule has 12 heteroatoms. The average Bonchev–Trinajstić information content (AvgIpc) is 3.21. The van der Waals surface area contributed by atoms with Crippen molar-refractivity contribution >= 4 is 19.8 Å². The van der Waals surface area contributed by atoms with Gasteiger partial charge in [0.25, 0.3) is 0 Å². The van der Waals surface area contributed by atoms with Crippen LogP contribution in [-0.2, 0) is 32.7 Å². The van der Waals surface area contributed by atoms with Crippen LogP contribution in [0.25, 0.3) is 0 Å². The van der Waals surface area contributed by atoms with Crippen LogP contribution in [0.2, 0.25) is 0 Å². The Hall–Kier alpha value is -3.67. The summed E-state index contributed by atoms with van der Waals surface area (Å²) in [5.74, 6) is -1.17. The van der Waals surface area contributed by atoms with Crippen LogP contribution in [-0.4, -0.2) is 71.7 Å². The van der Waals surface area contributed by atoms with E-state index in [4.69, 9.17) is 24.3 Å². The van der Waals surface area contributed by atoms with Crippen molar-refractivity contribution in [1.82, 2.24) is 0 Å². The number of aliphatic hydroxyl groups is 2. The lowest BCUT2D eigenvalue weighted by atomic mass is 10.1. The number of hydrogen-bond donors (Lipinski definition) is 4. The summed E-state index contributed by atoms with van der Waals surface area (Å²) < 4.78 is 32.5. The zero-order valence-corrected chi connectivity index (χ0v) is 36.5. The van der Waals surface area contributed by atoms with Crippen molar-refractivity contribution < 1.29 is 47.8 Å². The van der Waals surface area contributed by atoms with Crippen molar-refractivity contribution in [3.8, 4) is 0 Å². The Bertz CT molecular complexity index is 1410. The fourth-order valence-corrected chi connectivity index (χ4v) is 5.64. The molecule has 0 bridgehead atoms.